The molecular weight excluding hydrogens is 435 g/mol. The number of carbonyl (C=O) groups is 2. The number of amides is 2. The molecule has 1 aliphatic rings. The maximum absolute atomic E-state index is 14.1. The number of rotatable bonds is 7. The zero-order valence-electron chi connectivity index (χ0n) is 19.7. The number of nitrogens with zero attached hydrogens (tertiary/aromatic N) is 2. The Balaban J connectivity index is 1.59. The van der Waals surface area contributed by atoms with Crippen molar-refractivity contribution in [3.05, 3.63) is 88.6 Å². The van der Waals surface area contributed by atoms with E-state index in [1.54, 1.807) is 30.1 Å². The maximum atomic E-state index is 14.1. The standard InChI is InChI=1S/C27H29FN2O4/c1-4-25(31)30-14-13-18-9-10-21(16-23(18)26(30)19-7-6-8-20(28)15-19)33-17-22-11-12-24(34-22)27(32)29(3)5-2/h6-12,15-16,26H,4-5,13-14,17H2,1-3H3/t26-/m1/s1. The van der Waals surface area contributed by atoms with Gasteiger partial charge in [0.2, 0.25) is 5.91 Å². The summed E-state index contributed by atoms with van der Waals surface area (Å²) in [7, 11) is 1.72. The molecular formula is C27H29FN2O4. The van der Waals surface area contributed by atoms with Gasteiger partial charge < -0.3 is 19.0 Å². The van der Waals surface area contributed by atoms with Crippen LogP contribution in [0.15, 0.2) is 59.0 Å². The Kier molecular flexibility index (Phi) is 7.01. The van der Waals surface area contributed by atoms with E-state index < -0.39 is 0 Å². The Morgan fingerprint density at radius 1 is 1.15 bits per heavy atom. The van der Waals surface area contributed by atoms with Crippen LogP contribution in [0.25, 0.3) is 0 Å². The molecule has 2 aromatic carbocycles. The number of fused-ring (bicyclic) bond motifs is 1. The number of halogens is 1. The summed E-state index contributed by atoms with van der Waals surface area (Å²) in [5.41, 5.74) is 2.76. The van der Waals surface area contributed by atoms with E-state index in [0.717, 1.165) is 23.1 Å². The van der Waals surface area contributed by atoms with E-state index in [2.05, 4.69) is 0 Å². The number of benzene rings is 2. The minimum Gasteiger partial charge on any atom is -0.486 e. The molecule has 0 fully saturated rings. The number of ether oxygens (including phenoxy) is 1. The molecule has 0 spiro atoms. The summed E-state index contributed by atoms with van der Waals surface area (Å²) in [4.78, 5) is 28.4. The average Bonchev–Trinajstić information content (AvgIpc) is 3.34. The van der Waals surface area contributed by atoms with Crippen molar-refractivity contribution in [2.75, 3.05) is 20.1 Å². The molecule has 0 N–H and O–H groups in total. The van der Waals surface area contributed by atoms with Gasteiger partial charge in [0.15, 0.2) is 5.76 Å². The van der Waals surface area contributed by atoms with Crippen LogP contribution in [0.5, 0.6) is 5.75 Å². The van der Waals surface area contributed by atoms with Gasteiger partial charge in [0.05, 0.1) is 6.04 Å². The summed E-state index contributed by atoms with van der Waals surface area (Å²) >= 11 is 0. The highest BCUT2D eigenvalue weighted by Crippen LogP contribution is 2.37. The van der Waals surface area contributed by atoms with Gasteiger partial charge in [-0.1, -0.05) is 25.1 Å². The second-order valence-electron chi connectivity index (χ2n) is 8.38. The molecule has 6 nitrogen and oxygen atoms in total. The van der Waals surface area contributed by atoms with Crippen LogP contribution >= 0.6 is 0 Å². The van der Waals surface area contributed by atoms with Crippen LogP contribution in [-0.4, -0.2) is 41.8 Å². The smallest absolute Gasteiger partial charge is 0.289 e. The van der Waals surface area contributed by atoms with E-state index in [1.165, 1.54) is 12.1 Å². The van der Waals surface area contributed by atoms with Gasteiger partial charge in [-0.25, -0.2) is 4.39 Å². The first kappa shape index (κ1) is 23.5. The molecule has 178 valence electrons. The molecule has 2 amide bonds. The topological polar surface area (TPSA) is 63.0 Å². The molecule has 3 aromatic rings. The predicted molar refractivity (Wildman–Crippen MR) is 126 cm³/mol. The van der Waals surface area contributed by atoms with Gasteiger partial charge in [-0.3, -0.25) is 9.59 Å². The van der Waals surface area contributed by atoms with E-state index in [-0.39, 0.29) is 36.0 Å². The number of hydrogen-bond acceptors (Lipinski definition) is 4. The van der Waals surface area contributed by atoms with Crippen LogP contribution in [0, 0.1) is 5.82 Å². The van der Waals surface area contributed by atoms with Gasteiger partial charge in [0.25, 0.3) is 5.91 Å². The maximum Gasteiger partial charge on any atom is 0.289 e. The van der Waals surface area contributed by atoms with Crippen molar-refractivity contribution in [2.45, 2.75) is 39.3 Å². The largest absolute Gasteiger partial charge is 0.486 e. The van der Waals surface area contributed by atoms with Gasteiger partial charge in [-0.2, -0.15) is 0 Å². The van der Waals surface area contributed by atoms with Crippen LogP contribution < -0.4 is 4.74 Å². The van der Waals surface area contributed by atoms with Gasteiger partial charge in [0.1, 0.15) is 23.9 Å². The Morgan fingerprint density at radius 3 is 2.71 bits per heavy atom. The number of hydrogen-bond donors (Lipinski definition) is 0. The molecule has 7 heteroatoms. The number of furan rings is 1. The van der Waals surface area contributed by atoms with Crippen LogP contribution in [0.2, 0.25) is 0 Å². The highest BCUT2D eigenvalue weighted by atomic mass is 19.1. The third kappa shape index (κ3) is 4.83. The molecule has 1 aliphatic heterocycles. The molecule has 0 saturated heterocycles. The molecule has 1 atom stereocenters. The third-order valence-electron chi connectivity index (χ3n) is 6.21. The van der Waals surface area contributed by atoms with Crippen molar-refractivity contribution in [3.63, 3.8) is 0 Å². The summed E-state index contributed by atoms with van der Waals surface area (Å²) in [6.45, 7) is 5.05. The molecule has 34 heavy (non-hydrogen) atoms. The molecule has 0 aliphatic carbocycles. The zero-order chi connectivity index (χ0) is 24.2. The third-order valence-corrected chi connectivity index (χ3v) is 6.21. The van der Waals surface area contributed by atoms with Crippen molar-refractivity contribution in [3.8, 4) is 5.75 Å². The lowest BCUT2D eigenvalue weighted by Gasteiger charge is -2.38. The highest BCUT2D eigenvalue weighted by Gasteiger charge is 2.32. The van der Waals surface area contributed by atoms with Crippen molar-refractivity contribution < 1.29 is 23.1 Å². The number of carbonyl (C=O) groups excluding carboxylic acids is 2. The Bertz CT molecular complexity index is 1190. The normalized spacial score (nSPS) is 15.1. The van der Waals surface area contributed by atoms with Crippen molar-refractivity contribution in [1.82, 2.24) is 9.80 Å². The van der Waals surface area contributed by atoms with Crippen molar-refractivity contribution >= 4 is 11.8 Å². The van der Waals surface area contributed by atoms with Crippen molar-refractivity contribution in [1.29, 1.82) is 0 Å². The van der Waals surface area contributed by atoms with E-state index in [4.69, 9.17) is 9.15 Å². The molecule has 2 heterocycles. The minimum absolute atomic E-state index is 0.0241. The lowest BCUT2D eigenvalue weighted by Crippen LogP contribution is -2.40. The molecule has 4 rings (SSSR count). The fourth-order valence-electron chi connectivity index (χ4n) is 4.25. The van der Waals surface area contributed by atoms with Gasteiger partial charge in [-0.05, 0) is 66.4 Å². The SMILES string of the molecule is CCC(=O)N1CCc2ccc(OCc3ccc(C(=O)N(C)CC)o3)cc2[C@H]1c1cccc(F)c1. The Morgan fingerprint density at radius 2 is 1.97 bits per heavy atom. The fourth-order valence-corrected chi connectivity index (χ4v) is 4.25. The van der Waals surface area contributed by atoms with Crippen LogP contribution in [0.4, 0.5) is 4.39 Å². The average molecular weight is 465 g/mol. The first-order valence-corrected chi connectivity index (χ1v) is 11.6. The highest BCUT2D eigenvalue weighted by molar-refractivity contribution is 5.91. The fraction of sp³-hybridized carbons (Fsp3) is 0.333. The summed E-state index contributed by atoms with van der Waals surface area (Å²) in [5, 5.41) is 0. The Hall–Kier alpha value is -3.61. The van der Waals surface area contributed by atoms with Gasteiger partial charge in [-0.15, -0.1) is 0 Å². The van der Waals surface area contributed by atoms with E-state index >= 15 is 0 Å². The molecule has 0 bridgehead atoms. The predicted octanol–water partition coefficient (Wildman–Crippen LogP) is 4.97. The monoisotopic (exact) mass is 464 g/mol. The lowest BCUT2D eigenvalue weighted by atomic mass is 9.87. The molecule has 0 unspecified atom stereocenters. The van der Waals surface area contributed by atoms with Crippen LogP contribution in [-0.2, 0) is 17.8 Å². The second kappa shape index (κ2) is 10.1. The zero-order valence-corrected chi connectivity index (χ0v) is 19.7. The molecule has 0 saturated carbocycles. The van der Waals surface area contributed by atoms with E-state index in [1.807, 2.05) is 43.0 Å². The Labute approximate surface area is 198 Å². The summed E-state index contributed by atoms with van der Waals surface area (Å²) in [6.07, 6.45) is 1.10. The molecule has 0 radical (unpaired) electrons. The van der Waals surface area contributed by atoms with Crippen LogP contribution in [0.1, 0.15) is 59.3 Å². The van der Waals surface area contributed by atoms with Gasteiger partial charge in [0, 0.05) is 26.6 Å². The second-order valence-corrected chi connectivity index (χ2v) is 8.38. The minimum atomic E-state index is -0.382. The summed E-state index contributed by atoms with van der Waals surface area (Å²) in [5.74, 6) is 0.930. The van der Waals surface area contributed by atoms with E-state index in [9.17, 15) is 14.0 Å². The summed E-state index contributed by atoms with van der Waals surface area (Å²) < 4.78 is 25.7. The van der Waals surface area contributed by atoms with Crippen molar-refractivity contribution in [2.24, 2.45) is 0 Å². The molecule has 1 aromatic heterocycles. The lowest BCUT2D eigenvalue weighted by molar-refractivity contribution is -0.132. The quantitative estimate of drug-likeness (QED) is 0.495. The first-order chi connectivity index (χ1) is 16.4. The van der Waals surface area contributed by atoms with Crippen LogP contribution in [0.3, 0.4) is 0 Å². The summed E-state index contributed by atoms with van der Waals surface area (Å²) in [6, 6.07) is 15.2. The first-order valence-electron chi connectivity index (χ1n) is 11.6. The van der Waals surface area contributed by atoms with E-state index in [0.29, 0.717) is 31.0 Å². The van der Waals surface area contributed by atoms with Gasteiger partial charge >= 0.3 is 0 Å².